The third-order valence-electron chi connectivity index (χ3n) is 2.79. The van der Waals surface area contributed by atoms with Crippen LogP contribution in [-0.2, 0) is 0 Å². The third-order valence-corrected chi connectivity index (χ3v) is 2.98. The average Bonchev–Trinajstić information content (AvgIpc) is 2.73. The van der Waals surface area contributed by atoms with Gasteiger partial charge in [0, 0.05) is 32.4 Å². The zero-order chi connectivity index (χ0) is 11.0. The lowest BCUT2D eigenvalue weighted by atomic mass is 10.4. The van der Waals surface area contributed by atoms with Crippen LogP contribution >= 0.6 is 11.6 Å². The molecule has 0 amide bonds. The molecule has 1 N–H and O–H groups in total. The van der Waals surface area contributed by atoms with E-state index in [1.54, 1.807) is 12.4 Å². The van der Waals surface area contributed by atoms with Gasteiger partial charge in [-0.2, -0.15) is 0 Å². The van der Waals surface area contributed by atoms with Gasteiger partial charge in [0.25, 0.3) is 0 Å². The Labute approximate surface area is 98.1 Å². The predicted molar refractivity (Wildman–Crippen MR) is 63.1 cm³/mol. The van der Waals surface area contributed by atoms with E-state index in [2.05, 4.69) is 20.2 Å². The molecule has 0 bridgehead atoms. The van der Waals surface area contributed by atoms with E-state index >= 15 is 0 Å². The van der Waals surface area contributed by atoms with Crippen LogP contribution in [0.3, 0.4) is 0 Å². The highest BCUT2D eigenvalue weighted by atomic mass is 35.5. The van der Waals surface area contributed by atoms with Crippen molar-refractivity contribution in [3.63, 3.8) is 0 Å². The Morgan fingerprint density at radius 3 is 2.81 bits per heavy atom. The van der Waals surface area contributed by atoms with Crippen LogP contribution in [0, 0.1) is 0 Å². The summed E-state index contributed by atoms with van der Waals surface area (Å²) in [6.07, 6.45) is 5.37. The molecule has 1 fully saturated rings. The van der Waals surface area contributed by atoms with Gasteiger partial charge in [0.05, 0.1) is 12.4 Å². The molecule has 1 aliphatic rings. The first-order valence-corrected chi connectivity index (χ1v) is 5.67. The first kappa shape index (κ1) is 9.86. The Balaban J connectivity index is 2.05. The van der Waals surface area contributed by atoms with Gasteiger partial charge in [0.1, 0.15) is 11.0 Å². The minimum absolute atomic E-state index is 0.488. The zero-order valence-corrected chi connectivity index (χ0v) is 9.48. The molecule has 84 valence electrons. The SMILES string of the molecule is Clc1cn2c(N3CCNCC3)cnc2cn1. The Morgan fingerprint density at radius 2 is 2.00 bits per heavy atom. The van der Waals surface area contributed by atoms with Crippen LogP contribution in [0.4, 0.5) is 5.82 Å². The van der Waals surface area contributed by atoms with Crippen molar-refractivity contribution in [1.29, 1.82) is 0 Å². The van der Waals surface area contributed by atoms with Crippen molar-refractivity contribution >= 4 is 23.1 Å². The Bertz CT molecular complexity index is 503. The molecule has 1 aliphatic heterocycles. The number of halogens is 1. The van der Waals surface area contributed by atoms with Gasteiger partial charge in [0.15, 0.2) is 5.65 Å². The second kappa shape index (κ2) is 3.92. The third kappa shape index (κ3) is 1.62. The highest BCUT2D eigenvalue weighted by molar-refractivity contribution is 6.29. The average molecular weight is 238 g/mol. The monoisotopic (exact) mass is 237 g/mol. The largest absolute Gasteiger partial charge is 0.354 e. The molecule has 0 aromatic carbocycles. The molecule has 0 saturated carbocycles. The topological polar surface area (TPSA) is 45.5 Å². The summed E-state index contributed by atoms with van der Waals surface area (Å²) in [4.78, 5) is 10.6. The summed E-state index contributed by atoms with van der Waals surface area (Å²) in [6, 6.07) is 0. The summed E-state index contributed by atoms with van der Waals surface area (Å²) in [5, 5.41) is 3.81. The van der Waals surface area contributed by atoms with E-state index in [1.807, 2.05) is 10.6 Å². The fourth-order valence-corrected chi connectivity index (χ4v) is 2.13. The molecule has 3 rings (SSSR count). The van der Waals surface area contributed by atoms with Crippen LogP contribution in [0.15, 0.2) is 18.6 Å². The maximum Gasteiger partial charge on any atom is 0.157 e. The van der Waals surface area contributed by atoms with E-state index in [4.69, 9.17) is 11.6 Å². The number of hydrogen-bond acceptors (Lipinski definition) is 4. The van der Waals surface area contributed by atoms with Crippen LogP contribution in [0.5, 0.6) is 0 Å². The van der Waals surface area contributed by atoms with Gasteiger partial charge in [-0.25, -0.2) is 9.97 Å². The van der Waals surface area contributed by atoms with Crippen LogP contribution in [0.1, 0.15) is 0 Å². The number of imidazole rings is 1. The minimum atomic E-state index is 0.488. The summed E-state index contributed by atoms with van der Waals surface area (Å²) in [5.74, 6) is 1.08. The van der Waals surface area contributed by atoms with Gasteiger partial charge < -0.3 is 10.2 Å². The molecule has 2 aromatic rings. The van der Waals surface area contributed by atoms with Crippen molar-refractivity contribution in [3.8, 4) is 0 Å². The van der Waals surface area contributed by atoms with E-state index < -0.39 is 0 Å². The van der Waals surface area contributed by atoms with Gasteiger partial charge in [-0.3, -0.25) is 4.40 Å². The van der Waals surface area contributed by atoms with Gasteiger partial charge in [-0.15, -0.1) is 0 Å². The molecule has 2 aromatic heterocycles. The van der Waals surface area contributed by atoms with Crippen molar-refractivity contribution < 1.29 is 0 Å². The van der Waals surface area contributed by atoms with Gasteiger partial charge in [-0.05, 0) is 0 Å². The molecule has 6 heteroatoms. The van der Waals surface area contributed by atoms with E-state index in [0.717, 1.165) is 37.6 Å². The molecule has 5 nitrogen and oxygen atoms in total. The second-order valence-electron chi connectivity index (χ2n) is 3.79. The predicted octanol–water partition coefficient (Wildman–Crippen LogP) is 0.792. The lowest BCUT2D eigenvalue weighted by Gasteiger charge is -2.28. The molecule has 3 heterocycles. The number of anilines is 1. The molecular weight excluding hydrogens is 226 g/mol. The number of fused-ring (bicyclic) bond motifs is 1. The summed E-state index contributed by atoms with van der Waals surface area (Å²) in [5.41, 5.74) is 0.831. The zero-order valence-electron chi connectivity index (χ0n) is 8.73. The molecule has 0 atom stereocenters. The van der Waals surface area contributed by atoms with Crippen LogP contribution in [0.2, 0.25) is 5.15 Å². The van der Waals surface area contributed by atoms with E-state index in [0.29, 0.717) is 5.15 Å². The summed E-state index contributed by atoms with van der Waals surface area (Å²) >= 11 is 5.90. The summed E-state index contributed by atoms with van der Waals surface area (Å²) < 4.78 is 1.99. The van der Waals surface area contributed by atoms with Crippen molar-refractivity contribution in [2.45, 2.75) is 0 Å². The van der Waals surface area contributed by atoms with E-state index in [1.165, 1.54) is 0 Å². The van der Waals surface area contributed by atoms with Crippen molar-refractivity contribution in [1.82, 2.24) is 19.7 Å². The van der Waals surface area contributed by atoms with Crippen LogP contribution in [0.25, 0.3) is 5.65 Å². The molecule has 0 aliphatic carbocycles. The van der Waals surface area contributed by atoms with Crippen molar-refractivity contribution in [2.24, 2.45) is 0 Å². The van der Waals surface area contributed by atoms with Crippen molar-refractivity contribution in [3.05, 3.63) is 23.7 Å². The Kier molecular flexibility index (Phi) is 2.41. The fraction of sp³-hybridized carbons (Fsp3) is 0.400. The molecule has 0 spiro atoms. The van der Waals surface area contributed by atoms with Gasteiger partial charge in [0.2, 0.25) is 0 Å². The van der Waals surface area contributed by atoms with Crippen molar-refractivity contribution in [2.75, 3.05) is 31.1 Å². The highest BCUT2D eigenvalue weighted by Crippen LogP contribution is 2.18. The first-order valence-electron chi connectivity index (χ1n) is 5.29. The van der Waals surface area contributed by atoms with Crippen LogP contribution < -0.4 is 10.2 Å². The molecule has 16 heavy (non-hydrogen) atoms. The molecule has 0 unspecified atom stereocenters. The normalized spacial score (nSPS) is 16.9. The number of nitrogens with zero attached hydrogens (tertiary/aromatic N) is 4. The summed E-state index contributed by atoms with van der Waals surface area (Å²) in [7, 11) is 0. The maximum absolute atomic E-state index is 5.90. The standard InChI is InChI=1S/C10H12ClN5/c11-8-7-16-9(5-13-8)14-6-10(16)15-3-1-12-2-4-15/h5-7,12H,1-4H2. The fourth-order valence-electron chi connectivity index (χ4n) is 1.98. The maximum atomic E-state index is 5.90. The molecule has 0 radical (unpaired) electrons. The van der Waals surface area contributed by atoms with Gasteiger partial charge in [-0.1, -0.05) is 11.6 Å². The molecule has 1 saturated heterocycles. The number of piperazine rings is 1. The molecular formula is C10H12ClN5. The van der Waals surface area contributed by atoms with E-state index in [-0.39, 0.29) is 0 Å². The number of hydrogen-bond donors (Lipinski definition) is 1. The second-order valence-corrected chi connectivity index (χ2v) is 4.18. The smallest absolute Gasteiger partial charge is 0.157 e. The number of nitrogens with one attached hydrogen (secondary N) is 1. The first-order chi connectivity index (χ1) is 7.84. The quantitative estimate of drug-likeness (QED) is 0.797. The Morgan fingerprint density at radius 1 is 1.19 bits per heavy atom. The lowest BCUT2D eigenvalue weighted by Crippen LogP contribution is -2.44. The lowest BCUT2D eigenvalue weighted by molar-refractivity contribution is 0.584. The van der Waals surface area contributed by atoms with Gasteiger partial charge >= 0.3 is 0 Å². The number of aromatic nitrogens is 3. The van der Waals surface area contributed by atoms with E-state index in [9.17, 15) is 0 Å². The van der Waals surface area contributed by atoms with Crippen LogP contribution in [-0.4, -0.2) is 40.5 Å². The Hall–Kier alpha value is -1.33. The number of rotatable bonds is 1. The summed E-state index contributed by atoms with van der Waals surface area (Å²) in [6.45, 7) is 4.00. The minimum Gasteiger partial charge on any atom is -0.354 e. The highest BCUT2D eigenvalue weighted by Gasteiger charge is 2.14.